The molecule has 0 saturated heterocycles. The fourth-order valence-electron chi connectivity index (χ4n) is 5.93. The van der Waals surface area contributed by atoms with Gasteiger partial charge in [-0.3, -0.25) is 14.4 Å². The van der Waals surface area contributed by atoms with E-state index < -0.39 is 6.10 Å². The minimum absolute atomic E-state index is 0.0817. The van der Waals surface area contributed by atoms with Gasteiger partial charge < -0.3 is 14.2 Å². The topological polar surface area (TPSA) is 78.9 Å². The highest BCUT2D eigenvalue weighted by Gasteiger charge is 2.19. The van der Waals surface area contributed by atoms with Crippen molar-refractivity contribution in [2.24, 2.45) is 0 Å². The molecule has 1 unspecified atom stereocenters. The lowest BCUT2D eigenvalue weighted by atomic mass is 10.0. The zero-order valence-electron chi connectivity index (χ0n) is 33.6. The molecule has 0 heterocycles. The lowest BCUT2D eigenvalue weighted by Gasteiger charge is -2.18. The monoisotopic (exact) mass is 717 g/mol. The summed E-state index contributed by atoms with van der Waals surface area (Å²) >= 11 is 0. The molecule has 0 N–H and O–H groups in total. The normalized spacial score (nSPS) is 12.3. The zero-order chi connectivity index (χ0) is 37.3. The van der Waals surface area contributed by atoms with Gasteiger partial charge >= 0.3 is 17.9 Å². The van der Waals surface area contributed by atoms with Crippen molar-refractivity contribution in [3.63, 3.8) is 0 Å². The molecule has 0 saturated carbocycles. The van der Waals surface area contributed by atoms with Crippen LogP contribution in [0.4, 0.5) is 0 Å². The van der Waals surface area contributed by atoms with Crippen molar-refractivity contribution < 1.29 is 28.6 Å². The number of rotatable bonds is 38. The van der Waals surface area contributed by atoms with E-state index in [1.165, 1.54) is 89.9 Å². The van der Waals surface area contributed by atoms with Gasteiger partial charge in [0, 0.05) is 19.3 Å². The Morgan fingerprint density at radius 1 is 0.412 bits per heavy atom. The Kier molecular flexibility index (Phi) is 38.5. The van der Waals surface area contributed by atoms with Crippen molar-refractivity contribution in [2.75, 3.05) is 13.2 Å². The van der Waals surface area contributed by atoms with Gasteiger partial charge in [0.05, 0.1) is 0 Å². The van der Waals surface area contributed by atoms with E-state index in [1.807, 2.05) is 0 Å². The standard InChI is InChI=1S/C45H80O6/c1-4-7-10-13-16-18-20-22-24-25-27-29-32-35-38-44(47)50-41-42(40-49-43(46)37-34-31-15-12-9-6-3)51-45(48)39-36-33-30-28-26-23-21-19-17-14-11-8-5-2/h8,11,17,19,23,26,42H,4-7,9-10,12-16,18,20-22,24-25,27-41H2,1-3H3/b11-8-,19-17-,26-23-. The maximum Gasteiger partial charge on any atom is 0.306 e. The number of allylic oxidation sites excluding steroid dienone is 6. The van der Waals surface area contributed by atoms with Gasteiger partial charge in [0.15, 0.2) is 6.10 Å². The van der Waals surface area contributed by atoms with Crippen LogP contribution in [0.2, 0.25) is 0 Å². The van der Waals surface area contributed by atoms with Gasteiger partial charge in [-0.1, -0.05) is 179 Å². The van der Waals surface area contributed by atoms with E-state index in [2.05, 4.69) is 57.2 Å². The maximum atomic E-state index is 12.6. The molecule has 0 aliphatic rings. The number of unbranched alkanes of at least 4 members (excludes halogenated alkanes) is 21. The molecule has 0 fully saturated rings. The number of carbonyl (C=O) groups excluding carboxylic acids is 3. The molecule has 0 aliphatic carbocycles. The Balaban J connectivity index is 4.32. The SMILES string of the molecule is CC/C=C\C/C=C\C/C=C\CCCCCC(=O)OC(COC(=O)CCCCCCCC)COC(=O)CCCCCCCCCCCCCCCC. The highest BCUT2D eigenvalue weighted by Crippen LogP contribution is 2.14. The third kappa shape index (κ3) is 38.7. The summed E-state index contributed by atoms with van der Waals surface area (Å²) in [6.45, 7) is 6.43. The first kappa shape index (κ1) is 48.6. The first-order valence-electron chi connectivity index (χ1n) is 21.5. The molecular formula is C45H80O6. The predicted octanol–water partition coefficient (Wildman–Crippen LogP) is 13.4. The molecule has 6 nitrogen and oxygen atoms in total. The molecule has 0 rings (SSSR count). The molecule has 51 heavy (non-hydrogen) atoms. The van der Waals surface area contributed by atoms with Crippen LogP contribution >= 0.6 is 0 Å². The molecule has 0 aromatic carbocycles. The summed E-state index contributed by atoms with van der Waals surface area (Å²) in [5.41, 5.74) is 0. The van der Waals surface area contributed by atoms with Crippen LogP contribution in [0.3, 0.4) is 0 Å². The van der Waals surface area contributed by atoms with E-state index in [1.54, 1.807) is 0 Å². The van der Waals surface area contributed by atoms with Crippen molar-refractivity contribution in [2.45, 2.75) is 219 Å². The van der Waals surface area contributed by atoms with Crippen molar-refractivity contribution in [3.8, 4) is 0 Å². The Bertz CT molecular complexity index is 876. The van der Waals surface area contributed by atoms with E-state index in [4.69, 9.17) is 14.2 Å². The van der Waals surface area contributed by atoms with Crippen LogP contribution in [-0.4, -0.2) is 37.2 Å². The minimum Gasteiger partial charge on any atom is -0.462 e. The van der Waals surface area contributed by atoms with Gasteiger partial charge in [-0.2, -0.15) is 0 Å². The quantitative estimate of drug-likeness (QED) is 0.0274. The van der Waals surface area contributed by atoms with Crippen LogP contribution in [0.1, 0.15) is 213 Å². The fourth-order valence-corrected chi connectivity index (χ4v) is 5.93. The molecule has 0 spiro atoms. The van der Waals surface area contributed by atoms with E-state index >= 15 is 0 Å². The van der Waals surface area contributed by atoms with Crippen LogP contribution in [0.5, 0.6) is 0 Å². The van der Waals surface area contributed by atoms with Gasteiger partial charge in [0.25, 0.3) is 0 Å². The zero-order valence-corrected chi connectivity index (χ0v) is 33.6. The van der Waals surface area contributed by atoms with E-state index in [0.717, 1.165) is 83.5 Å². The van der Waals surface area contributed by atoms with Gasteiger partial charge in [-0.25, -0.2) is 0 Å². The summed E-state index contributed by atoms with van der Waals surface area (Å²) < 4.78 is 16.6. The van der Waals surface area contributed by atoms with E-state index in [-0.39, 0.29) is 31.1 Å². The lowest BCUT2D eigenvalue weighted by Crippen LogP contribution is -2.30. The number of hydrogen-bond acceptors (Lipinski definition) is 6. The first-order valence-corrected chi connectivity index (χ1v) is 21.5. The van der Waals surface area contributed by atoms with Crippen molar-refractivity contribution in [3.05, 3.63) is 36.5 Å². The number of ether oxygens (including phenoxy) is 3. The average molecular weight is 717 g/mol. The third-order valence-corrected chi connectivity index (χ3v) is 9.16. The molecule has 296 valence electrons. The van der Waals surface area contributed by atoms with E-state index in [9.17, 15) is 14.4 Å². The Labute approximate surface area is 315 Å². The summed E-state index contributed by atoms with van der Waals surface area (Å²) in [6, 6.07) is 0. The van der Waals surface area contributed by atoms with Crippen LogP contribution < -0.4 is 0 Å². The number of esters is 3. The summed E-state index contributed by atoms with van der Waals surface area (Å²) in [7, 11) is 0. The molecule has 0 aliphatic heterocycles. The summed E-state index contributed by atoms with van der Waals surface area (Å²) in [5, 5.41) is 0. The minimum atomic E-state index is -0.778. The summed E-state index contributed by atoms with van der Waals surface area (Å²) in [4.78, 5) is 37.4. The smallest absolute Gasteiger partial charge is 0.306 e. The first-order chi connectivity index (χ1) is 25.0. The molecular weight excluding hydrogens is 636 g/mol. The highest BCUT2D eigenvalue weighted by atomic mass is 16.6. The number of hydrogen-bond donors (Lipinski definition) is 0. The Morgan fingerprint density at radius 2 is 0.765 bits per heavy atom. The second-order valence-corrected chi connectivity index (χ2v) is 14.2. The van der Waals surface area contributed by atoms with Crippen molar-refractivity contribution in [1.29, 1.82) is 0 Å². The molecule has 1 atom stereocenters. The molecule has 0 aromatic rings. The van der Waals surface area contributed by atoms with Crippen LogP contribution in [0.25, 0.3) is 0 Å². The summed E-state index contributed by atoms with van der Waals surface area (Å²) in [5.74, 6) is -0.921. The maximum absolute atomic E-state index is 12.6. The van der Waals surface area contributed by atoms with Crippen molar-refractivity contribution in [1.82, 2.24) is 0 Å². The second-order valence-electron chi connectivity index (χ2n) is 14.2. The fraction of sp³-hybridized carbons (Fsp3) is 0.800. The third-order valence-electron chi connectivity index (χ3n) is 9.16. The van der Waals surface area contributed by atoms with Crippen LogP contribution in [-0.2, 0) is 28.6 Å². The highest BCUT2D eigenvalue weighted by molar-refractivity contribution is 5.71. The average Bonchev–Trinajstić information content (AvgIpc) is 3.13. The molecule has 6 heteroatoms. The Morgan fingerprint density at radius 3 is 1.20 bits per heavy atom. The van der Waals surface area contributed by atoms with E-state index in [0.29, 0.717) is 19.3 Å². The molecule has 0 aromatic heterocycles. The predicted molar refractivity (Wildman–Crippen MR) is 215 cm³/mol. The molecule has 0 amide bonds. The molecule has 0 bridgehead atoms. The lowest BCUT2D eigenvalue weighted by molar-refractivity contribution is -0.167. The van der Waals surface area contributed by atoms with Crippen LogP contribution in [0, 0.1) is 0 Å². The van der Waals surface area contributed by atoms with Gasteiger partial charge in [-0.05, 0) is 51.4 Å². The van der Waals surface area contributed by atoms with Crippen molar-refractivity contribution >= 4 is 17.9 Å². The molecule has 0 radical (unpaired) electrons. The summed E-state index contributed by atoms with van der Waals surface area (Å²) in [6.07, 6.45) is 44.3. The Hall–Kier alpha value is -2.37. The van der Waals surface area contributed by atoms with Gasteiger partial charge in [0.1, 0.15) is 13.2 Å². The van der Waals surface area contributed by atoms with Crippen LogP contribution in [0.15, 0.2) is 36.5 Å². The number of carbonyl (C=O) groups is 3. The second kappa shape index (κ2) is 40.4. The largest absolute Gasteiger partial charge is 0.462 e. The van der Waals surface area contributed by atoms with Gasteiger partial charge in [-0.15, -0.1) is 0 Å². The van der Waals surface area contributed by atoms with Gasteiger partial charge in [0.2, 0.25) is 0 Å².